The molecule has 1 amide bonds. The standard InChI is InChI=1S/C14H26N2O3/c1-14(2,3)15-9-8-12(17)16-10-6-5-7-11(16)13(18)19-4/h11,15H,5-10H2,1-4H3. The summed E-state index contributed by atoms with van der Waals surface area (Å²) in [5.41, 5.74) is 0.00390. The maximum Gasteiger partial charge on any atom is 0.328 e. The van der Waals surface area contributed by atoms with Gasteiger partial charge in [0, 0.05) is 25.0 Å². The molecule has 1 N–H and O–H groups in total. The predicted octanol–water partition coefficient (Wildman–Crippen LogP) is 1.32. The average molecular weight is 270 g/mol. The summed E-state index contributed by atoms with van der Waals surface area (Å²) in [5.74, 6) is -0.260. The van der Waals surface area contributed by atoms with Gasteiger partial charge < -0.3 is 15.0 Å². The van der Waals surface area contributed by atoms with Crippen molar-refractivity contribution < 1.29 is 14.3 Å². The minimum Gasteiger partial charge on any atom is -0.467 e. The van der Waals surface area contributed by atoms with Crippen LogP contribution in [-0.2, 0) is 14.3 Å². The van der Waals surface area contributed by atoms with E-state index < -0.39 is 0 Å². The van der Waals surface area contributed by atoms with Crippen molar-refractivity contribution in [3.05, 3.63) is 0 Å². The van der Waals surface area contributed by atoms with Crippen molar-refractivity contribution in [1.29, 1.82) is 0 Å². The molecule has 1 unspecified atom stereocenters. The van der Waals surface area contributed by atoms with Crippen LogP contribution in [0, 0.1) is 0 Å². The van der Waals surface area contributed by atoms with E-state index >= 15 is 0 Å². The Hall–Kier alpha value is -1.10. The summed E-state index contributed by atoms with van der Waals surface area (Å²) < 4.78 is 4.78. The van der Waals surface area contributed by atoms with Gasteiger partial charge in [-0.25, -0.2) is 4.79 Å². The number of hydrogen-bond acceptors (Lipinski definition) is 4. The minimum absolute atomic E-state index is 0.00390. The highest BCUT2D eigenvalue weighted by atomic mass is 16.5. The highest BCUT2D eigenvalue weighted by Gasteiger charge is 2.32. The normalized spacial score (nSPS) is 20.2. The van der Waals surface area contributed by atoms with Gasteiger partial charge in [0.25, 0.3) is 0 Å². The van der Waals surface area contributed by atoms with E-state index in [1.54, 1.807) is 4.90 Å². The lowest BCUT2D eigenvalue weighted by Crippen LogP contribution is -2.49. The summed E-state index contributed by atoms with van der Waals surface area (Å²) in [6, 6.07) is -0.388. The van der Waals surface area contributed by atoms with Crippen LogP contribution in [0.5, 0.6) is 0 Å². The number of rotatable bonds is 4. The van der Waals surface area contributed by atoms with Gasteiger partial charge in [0.1, 0.15) is 6.04 Å². The average Bonchev–Trinajstić information content (AvgIpc) is 2.36. The van der Waals surface area contributed by atoms with E-state index in [2.05, 4.69) is 26.1 Å². The first kappa shape index (κ1) is 16.0. The summed E-state index contributed by atoms with van der Waals surface area (Å²) >= 11 is 0. The zero-order chi connectivity index (χ0) is 14.5. The van der Waals surface area contributed by atoms with Gasteiger partial charge in [-0.3, -0.25) is 4.79 Å². The Balaban J connectivity index is 2.50. The molecule has 0 saturated carbocycles. The summed E-state index contributed by atoms with van der Waals surface area (Å²) in [4.78, 5) is 25.6. The molecule has 1 heterocycles. The van der Waals surface area contributed by atoms with Gasteiger partial charge in [-0.05, 0) is 40.0 Å². The molecule has 19 heavy (non-hydrogen) atoms. The SMILES string of the molecule is COC(=O)C1CCCCN1C(=O)CCNC(C)(C)C. The molecule has 1 fully saturated rings. The summed E-state index contributed by atoms with van der Waals surface area (Å²) in [6.45, 7) is 7.49. The van der Waals surface area contributed by atoms with Crippen LogP contribution >= 0.6 is 0 Å². The van der Waals surface area contributed by atoms with Crippen molar-refractivity contribution in [2.75, 3.05) is 20.2 Å². The second-order valence-electron chi connectivity index (χ2n) is 6.05. The van der Waals surface area contributed by atoms with Crippen LogP contribution in [0.3, 0.4) is 0 Å². The minimum atomic E-state index is -0.388. The fraction of sp³-hybridized carbons (Fsp3) is 0.857. The maximum absolute atomic E-state index is 12.2. The van der Waals surface area contributed by atoms with Crippen molar-refractivity contribution in [1.82, 2.24) is 10.2 Å². The number of piperidine rings is 1. The van der Waals surface area contributed by atoms with Crippen LogP contribution in [0.1, 0.15) is 46.5 Å². The number of amides is 1. The molecule has 0 aromatic heterocycles. The quantitative estimate of drug-likeness (QED) is 0.783. The number of hydrogen-bond donors (Lipinski definition) is 1. The van der Waals surface area contributed by atoms with Gasteiger partial charge in [0.15, 0.2) is 0 Å². The van der Waals surface area contributed by atoms with Crippen LogP contribution in [0.4, 0.5) is 0 Å². The van der Waals surface area contributed by atoms with Gasteiger partial charge in [-0.1, -0.05) is 0 Å². The molecule has 110 valence electrons. The van der Waals surface area contributed by atoms with E-state index in [1.807, 2.05) is 0 Å². The van der Waals surface area contributed by atoms with Crippen molar-refractivity contribution in [2.45, 2.75) is 58.0 Å². The van der Waals surface area contributed by atoms with Crippen LogP contribution in [0.2, 0.25) is 0 Å². The zero-order valence-corrected chi connectivity index (χ0v) is 12.5. The van der Waals surface area contributed by atoms with Crippen LogP contribution < -0.4 is 5.32 Å². The van der Waals surface area contributed by atoms with Gasteiger partial charge in [-0.2, -0.15) is 0 Å². The molecule has 0 aromatic carbocycles. The van der Waals surface area contributed by atoms with E-state index in [4.69, 9.17) is 4.74 Å². The second-order valence-corrected chi connectivity index (χ2v) is 6.05. The van der Waals surface area contributed by atoms with Crippen molar-refractivity contribution in [2.24, 2.45) is 0 Å². The second kappa shape index (κ2) is 6.89. The number of esters is 1. The third-order valence-corrected chi connectivity index (χ3v) is 3.29. The number of ether oxygens (including phenoxy) is 1. The first-order valence-electron chi connectivity index (χ1n) is 6.97. The Morgan fingerprint density at radius 1 is 1.32 bits per heavy atom. The number of nitrogens with one attached hydrogen (secondary N) is 1. The largest absolute Gasteiger partial charge is 0.467 e. The molecule has 0 bridgehead atoms. The molecule has 1 atom stereocenters. The fourth-order valence-electron chi connectivity index (χ4n) is 2.30. The third kappa shape index (κ3) is 5.19. The molecule has 0 aliphatic carbocycles. The van der Waals surface area contributed by atoms with Crippen molar-refractivity contribution in [3.63, 3.8) is 0 Å². The predicted molar refractivity (Wildman–Crippen MR) is 73.7 cm³/mol. The van der Waals surface area contributed by atoms with Crippen LogP contribution in [-0.4, -0.2) is 48.6 Å². The lowest BCUT2D eigenvalue weighted by Gasteiger charge is -2.34. The topological polar surface area (TPSA) is 58.6 Å². The highest BCUT2D eigenvalue weighted by molar-refractivity contribution is 5.84. The third-order valence-electron chi connectivity index (χ3n) is 3.29. The smallest absolute Gasteiger partial charge is 0.328 e. The monoisotopic (exact) mass is 270 g/mol. The molecule has 0 radical (unpaired) electrons. The van der Waals surface area contributed by atoms with Crippen molar-refractivity contribution >= 4 is 11.9 Å². The number of nitrogens with zero attached hydrogens (tertiary/aromatic N) is 1. The number of methoxy groups -OCH3 is 1. The van der Waals surface area contributed by atoms with E-state index in [9.17, 15) is 9.59 Å². The molecule has 1 rings (SSSR count). The summed E-state index contributed by atoms with van der Waals surface area (Å²) in [5, 5.41) is 3.29. The fourth-order valence-corrected chi connectivity index (χ4v) is 2.30. The van der Waals surface area contributed by atoms with E-state index in [1.165, 1.54) is 7.11 Å². The van der Waals surface area contributed by atoms with Crippen LogP contribution in [0.15, 0.2) is 0 Å². The number of likely N-dealkylation sites (tertiary alicyclic amines) is 1. The lowest BCUT2D eigenvalue weighted by atomic mass is 10.0. The molecule has 1 aliphatic heterocycles. The zero-order valence-electron chi connectivity index (χ0n) is 12.5. The molecular formula is C14H26N2O3. The molecule has 5 heteroatoms. The van der Waals surface area contributed by atoms with Gasteiger partial charge >= 0.3 is 5.97 Å². The first-order valence-corrected chi connectivity index (χ1v) is 6.97. The highest BCUT2D eigenvalue weighted by Crippen LogP contribution is 2.19. The van der Waals surface area contributed by atoms with Crippen LogP contribution in [0.25, 0.3) is 0 Å². The molecule has 1 saturated heterocycles. The number of carbonyl (C=O) groups excluding carboxylic acids is 2. The molecule has 0 aromatic rings. The Kier molecular flexibility index (Phi) is 5.79. The Morgan fingerprint density at radius 3 is 2.58 bits per heavy atom. The van der Waals surface area contributed by atoms with Crippen molar-refractivity contribution in [3.8, 4) is 0 Å². The van der Waals surface area contributed by atoms with Gasteiger partial charge in [0.2, 0.25) is 5.91 Å². The first-order chi connectivity index (χ1) is 8.85. The van der Waals surface area contributed by atoms with E-state index in [0.29, 0.717) is 25.9 Å². The van der Waals surface area contributed by atoms with Gasteiger partial charge in [0.05, 0.1) is 7.11 Å². The maximum atomic E-state index is 12.2. The van der Waals surface area contributed by atoms with E-state index in [0.717, 1.165) is 12.8 Å². The van der Waals surface area contributed by atoms with Gasteiger partial charge in [-0.15, -0.1) is 0 Å². The molecule has 5 nitrogen and oxygen atoms in total. The Labute approximate surface area is 115 Å². The van der Waals surface area contributed by atoms with E-state index in [-0.39, 0.29) is 23.5 Å². The molecular weight excluding hydrogens is 244 g/mol. The summed E-state index contributed by atoms with van der Waals surface area (Å²) in [6.07, 6.45) is 3.07. The Morgan fingerprint density at radius 2 is 2.00 bits per heavy atom. The molecule has 0 spiro atoms. The molecule has 1 aliphatic rings. The number of carbonyl (C=O) groups is 2. The Bertz CT molecular complexity index is 323. The summed E-state index contributed by atoms with van der Waals surface area (Å²) in [7, 11) is 1.38. The lowest BCUT2D eigenvalue weighted by molar-refractivity contribution is -0.154.